The molecule has 0 aliphatic carbocycles. The number of aromatic carboxylic acids is 1. The first-order valence-corrected chi connectivity index (χ1v) is 5.27. The van der Waals surface area contributed by atoms with E-state index >= 15 is 0 Å². The van der Waals surface area contributed by atoms with Gasteiger partial charge in [0.2, 0.25) is 5.88 Å². The van der Waals surface area contributed by atoms with E-state index in [9.17, 15) is 14.7 Å². The molecule has 1 amide bonds. The van der Waals surface area contributed by atoms with Gasteiger partial charge in [0.05, 0.1) is 10.1 Å². The molecule has 1 unspecified atom stereocenters. The van der Waals surface area contributed by atoms with E-state index in [2.05, 4.69) is 17.0 Å². The van der Waals surface area contributed by atoms with Crippen LogP contribution in [-0.2, 0) is 5.11 Å². The Morgan fingerprint density at radius 3 is 2.69 bits per heavy atom. The van der Waals surface area contributed by atoms with Gasteiger partial charge in [-0.05, 0) is 11.5 Å². The van der Waals surface area contributed by atoms with Crippen LogP contribution in [-0.4, -0.2) is 33.2 Å². The fraction of sp³-hybridized carbons (Fsp3) is 0.286. The van der Waals surface area contributed by atoms with Crippen LogP contribution in [0.15, 0.2) is 0 Å². The Balaban J connectivity index is 2.87. The summed E-state index contributed by atoms with van der Waals surface area (Å²) >= 11 is 4.77. The van der Waals surface area contributed by atoms with Crippen molar-refractivity contribution in [2.24, 2.45) is 0 Å². The molecule has 87 valence electrons. The van der Waals surface area contributed by atoms with Crippen LogP contribution in [0.1, 0.15) is 20.5 Å². The van der Waals surface area contributed by atoms with Crippen LogP contribution in [0.2, 0.25) is 0 Å². The molecule has 0 aliphatic heterocycles. The van der Waals surface area contributed by atoms with Gasteiger partial charge >= 0.3 is 12.1 Å². The van der Waals surface area contributed by atoms with Gasteiger partial charge in [-0.2, -0.15) is 17.0 Å². The molecule has 16 heavy (non-hydrogen) atoms. The third kappa shape index (κ3) is 2.76. The largest absolute Gasteiger partial charge is 0.492 e. The van der Waals surface area contributed by atoms with E-state index in [4.69, 9.17) is 10.2 Å². The van der Waals surface area contributed by atoms with Gasteiger partial charge in [0, 0.05) is 6.54 Å². The Bertz CT molecular complexity index is 419. The van der Waals surface area contributed by atoms with Crippen LogP contribution in [0.5, 0.6) is 5.88 Å². The molecule has 1 heterocycles. The average molecular weight is 263 g/mol. The van der Waals surface area contributed by atoms with Crippen molar-refractivity contribution in [1.29, 1.82) is 0 Å². The number of carbonyl (C=O) groups excluding carboxylic acids is 1. The zero-order valence-electron chi connectivity index (χ0n) is 7.71. The molecule has 0 fully saturated rings. The van der Waals surface area contributed by atoms with Crippen molar-refractivity contribution >= 4 is 36.2 Å². The number of aromatic nitrogens is 1. The number of rotatable bonds is 4. The van der Waals surface area contributed by atoms with Gasteiger partial charge in [-0.25, -0.2) is 14.7 Å². The Morgan fingerprint density at radius 1 is 1.56 bits per heavy atom. The lowest BCUT2D eigenvalue weighted by Crippen LogP contribution is -2.24. The molecule has 1 radical (unpaired) electrons. The summed E-state index contributed by atoms with van der Waals surface area (Å²) in [4.78, 5) is 21.1. The van der Waals surface area contributed by atoms with Crippen molar-refractivity contribution in [3.8, 4) is 5.88 Å². The highest BCUT2D eigenvalue weighted by Gasteiger charge is 2.24. The van der Waals surface area contributed by atoms with Gasteiger partial charge in [0.1, 0.15) is 5.56 Å². The van der Waals surface area contributed by atoms with E-state index in [1.807, 2.05) is 5.32 Å². The van der Waals surface area contributed by atoms with Crippen LogP contribution in [0.3, 0.4) is 0 Å². The lowest BCUT2D eigenvalue weighted by molar-refractivity contribution is 0.0693. The van der Waals surface area contributed by atoms with Crippen molar-refractivity contribution in [2.75, 3.05) is 6.54 Å². The molecule has 1 aromatic rings. The Morgan fingerprint density at radius 2 is 2.19 bits per heavy atom. The van der Waals surface area contributed by atoms with E-state index < -0.39 is 23.2 Å². The van der Waals surface area contributed by atoms with Crippen molar-refractivity contribution in [2.45, 2.75) is 5.25 Å². The standard InChI is InChI=1S/C7H7N2O5S2/c10-5-3(6(11)12)4(16-9-5)2(15)1-8-7(13)14/h2,8,15H,1H2,(H,9,10)(H,11,12). The quantitative estimate of drug-likeness (QED) is 0.595. The number of hydrogen-bond acceptors (Lipinski definition) is 6. The molecule has 1 aromatic heterocycles. The predicted octanol–water partition coefficient (Wildman–Crippen LogP) is 0.658. The van der Waals surface area contributed by atoms with Crippen molar-refractivity contribution < 1.29 is 24.9 Å². The fourth-order valence-corrected chi connectivity index (χ4v) is 2.11. The second-order valence-electron chi connectivity index (χ2n) is 2.73. The second kappa shape index (κ2) is 5.03. The van der Waals surface area contributed by atoms with Crippen LogP contribution >= 0.6 is 24.2 Å². The Labute approximate surface area is 99.3 Å². The molecule has 1 rings (SSSR count). The number of carboxylic acid groups (broad SMARTS) is 1. The van der Waals surface area contributed by atoms with Gasteiger partial charge in [0.25, 0.3) is 0 Å². The lowest BCUT2D eigenvalue weighted by Gasteiger charge is -2.07. The van der Waals surface area contributed by atoms with E-state index in [0.29, 0.717) is 0 Å². The van der Waals surface area contributed by atoms with Crippen molar-refractivity contribution in [1.82, 2.24) is 9.69 Å². The number of amides is 1. The molecular formula is C7H7N2O5S2. The molecule has 0 bridgehead atoms. The van der Waals surface area contributed by atoms with E-state index in [1.54, 1.807) is 0 Å². The Kier molecular flexibility index (Phi) is 3.96. The number of carboxylic acids is 1. The number of nitrogens with one attached hydrogen (secondary N) is 1. The monoisotopic (exact) mass is 263 g/mol. The zero-order chi connectivity index (χ0) is 12.3. The van der Waals surface area contributed by atoms with Gasteiger partial charge in [-0.3, -0.25) is 0 Å². The number of nitrogens with zero attached hydrogens (tertiary/aromatic N) is 1. The first-order chi connectivity index (χ1) is 7.43. The van der Waals surface area contributed by atoms with Gasteiger partial charge in [-0.1, -0.05) is 0 Å². The Hall–Kier alpha value is -1.48. The highest BCUT2D eigenvalue weighted by Crippen LogP contribution is 2.32. The minimum absolute atomic E-state index is 0.132. The first kappa shape index (κ1) is 12.6. The molecule has 3 N–H and O–H groups in total. The third-order valence-corrected chi connectivity index (χ3v) is 3.22. The zero-order valence-corrected chi connectivity index (χ0v) is 9.42. The number of aromatic hydroxyl groups is 1. The van der Waals surface area contributed by atoms with E-state index in [1.165, 1.54) is 0 Å². The summed E-state index contributed by atoms with van der Waals surface area (Å²) in [5.41, 5.74) is -0.356. The molecule has 0 aromatic carbocycles. The summed E-state index contributed by atoms with van der Waals surface area (Å²) in [5.74, 6) is -1.94. The predicted molar refractivity (Wildman–Crippen MR) is 56.6 cm³/mol. The van der Waals surface area contributed by atoms with E-state index in [-0.39, 0.29) is 17.0 Å². The van der Waals surface area contributed by atoms with Crippen LogP contribution in [0.4, 0.5) is 4.79 Å². The fourth-order valence-electron chi connectivity index (χ4n) is 0.995. The summed E-state index contributed by atoms with van der Waals surface area (Å²) in [7, 11) is 0. The van der Waals surface area contributed by atoms with Crippen LogP contribution in [0.25, 0.3) is 0 Å². The minimum Gasteiger partial charge on any atom is -0.492 e. The molecule has 0 saturated heterocycles. The number of carbonyl (C=O) groups is 2. The summed E-state index contributed by atoms with van der Waals surface area (Å²) in [6.07, 6.45) is -1.48. The SMILES string of the molecule is [O]C(=O)NCC(S)c1snc(O)c1C(=O)O. The summed E-state index contributed by atoms with van der Waals surface area (Å²) in [6, 6.07) is 0. The highest BCUT2D eigenvalue weighted by molar-refractivity contribution is 7.80. The molecule has 0 saturated carbocycles. The molecule has 1 atom stereocenters. The minimum atomic E-state index is -1.48. The maximum Gasteiger partial charge on any atom is 0.450 e. The molecule has 0 aliphatic rings. The van der Waals surface area contributed by atoms with E-state index in [0.717, 1.165) is 11.5 Å². The molecule has 0 spiro atoms. The highest BCUT2D eigenvalue weighted by atomic mass is 32.1. The number of hydrogen-bond donors (Lipinski definition) is 4. The topological polar surface area (TPSA) is 119 Å². The van der Waals surface area contributed by atoms with Crippen LogP contribution < -0.4 is 5.32 Å². The number of thiol groups is 1. The van der Waals surface area contributed by atoms with Crippen molar-refractivity contribution in [3.63, 3.8) is 0 Å². The van der Waals surface area contributed by atoms with Gasteiger partial charge < -0.3 is 15.5 Å². The van der Waals surface area contributed by atoms with Gasteiger partial charge in [-0.15, -0.1) is 0 Å². The molecule has 7 nitrogen and oxygen atoms in total. The first-order valence-electron chi connectivity index (χ1n) is 3.98. The van der Waals surface area contributed by atoms with Crippen molar-refractivity contribution in [3.05, 3.63) is 10.4 Å². The maximum atomic E-state index is 10.8. The average Bonchev–Trinajstić information content (AvgIpc) is 2.56. The van der Waals surface area contributed by atoms with Gasteiger partial charge in [0.15, 0.2) is 0 Å². The smallest absolute Gasteiger partial charge is 0.450 e. The summed E-state index contributed by atoms with van der Waals surface area (Å²) < 4.78 is 3.46. The summed E-state index contributed by atoms with van der Waals surface area (Å²) in [6.45, 7) is -0.132. The normalized spacial score (nSPS) is 12.1. The third-order valence-electron chi connectivity index (χ3n) is 1.66. The second-order valence-corrected chi connectivity index (χ2v) is 4.16. The molecule has 9 heteroatoms. The maximum absolute atomic E-state index is 10.8. The lowest BCUT2D eigenvalue weighted by atomic mass is 10.2. The van der Waals surface area contributed by atoms with Crippen LogP contribution in [0, 0.1) is 0 Å². The summed E-state index contributed by atoms with van der Waals surface area (Å²) in [5, 5.41) is 29.3. The molecular weight excluding hydrogens is 256 g/mol.